The molecule has 0 aliphatic heterocycles. The zero-order valence-electron chi connectivity index (χ0n) is 18.9. The Morgan fingerprint density at radius 1 is 0.788 bits per heavy atom. The third kappa shape index (κ3) is 4.44. The third-order valence-electron chi connectivity index (χ3n) is 5.62. The van der Waals surface area contributed by atoms with Crippen LogP contribution in [-0.2, 0) is 33.5 Å². The van der Waals surface area contributed by atoms with E-state index in [4.69, 9.17) is 14.2 Å². The number of esters is 2. The number of nitrogens with one attached hydrogen (secondary N) is 2. The summed E-state index contributed by atoms with van der Waals surface area (Å²) in [5, 5.41) is 0. The van der Waals surface area contributed by atoms with Crippen LogP contribution < -0.4 is 0 Å². The van der Waals surface area contributed by atoms with E-state index >= 15 is 0 Å². The number of H-pyrrole nitrogens is 2. The predicted octanol–water partition coefficient (Wildman–Crippen LogP) is 3.59. The van der Waals surface area contributed by atoms with Crippen molar-refractivity contribution in [3.8, 4) is 0 Å². The number of nitrogens with zero attached hydrogens (tertiary/aromatic N) is 1. The van der Waals surface area contributed by atoms with Crippen molar-refractivity contribution >= 4 is 18.0 Å². The quantitative estimate of drug-likeness (QED) is 0.352. The molecule has 3 heterocycles. The summed E-state index contributed by atoms with van der Waals surface area (Å²) in [6.07, 6.45) is 2.65. The average molecular weight is 453 g/mol. The first-order valence-electron chi connectivity index (χ1n) is 11.1. The molecule has 1 aliphatic rings. The van der Waals surface area contributed by atoms with Crippen molar-refractivity contribution in [1.29, 1.82) is 0 Å². The zero-order valence-corrected chi connectivity index (χ0v) is 18.9. The van der Waals surface area contributed by atoms with Crippen molar-refractivity contribution in [2.75, 3.05) is 19.8 Å². The van der Waals surface area contributed by atoms with Gasteiger partial charge in [-0.05, 0) is 55.7 Å². The van der Waals surface area contributed by atoms with Crippen molar-refractivity contribution in [2.45, 2.75) is 40.0 Å². The van der Waals surface area contributed by atoms with Crippen LogP contribution in [0, 0.1) is 0 Å². The smallest absolute Gasteiger partial charge is 0.418 e. The fraction of sp³-hybridized carbons (Fsp3) is 0.375. The molecule has 2 N–H and O–H groups in total. The molecule has 9 heteroatoms. The highest BCUT2D eigenvalue weighted by Crippen LogP contribution is 2.29. The number of carbonyl (C=O) groups excluding carboxylic acids is 3. The summed E-state index contributed by atoms with van der Waals surface area (Å²) in [5.41, 5.74) is 5.86. The van der Waals surface area contributed by atoms with Crippen LogP contribution in [0.25, 0.3) is 0 Å². The Labute approximate surface area is 191 Å². The minimum absolute atomic E-state index is 0.262. The summed E-state index contributed by atoms with van der Waals surface area (Å²) in [5.74, 6) is -0.866. The van der Waals surface area contributed by atoms with Gasteiger partial charge in [-0.1, -0.05) is 0 Å². The summed E-state index contributed by atoms with van der Waals surface area (Å²) in [6, 6.07) is 5.43. The SMILES string of the molecule is CCOC(=O)c1cc2c([nH]1)Cc1cc(C(=O)OCC)[nH]c1Cc1ccn(C(=O)OCC)c1C2. The zero-order chi connectivity index (χ0) is 23.5. The molecule has 1 aliphatic carbocycles. The van der Waals surface area contributed by atoms with Crippen molar-refractivity contribution < 1.29 is 28.6 Å². The van der Waals surface area contributed by atoms with Gasteiger partial charge in [0.15, 0.2) is 0 Å². The van der Waals surface area contributed by atoms with E-state index in [-0.39, 0.29) is 19.8 Å². The Balaban J connectivity index is 1.83. The fourth-order valence-corrected chi connectivity index (χ4v) is 4.14. The van der Waals surface area contributed by atoms with Gasteiger partial charge in [0.2, 0.25) is 0 Å². The van der Waals surface area contributed by atoms with Crippen molar-refractivity contribution in [2.24, 2.45) is 0 Å². The molecule has 0 spiro atoms. The first kappa shape index (κ1) is 22.4. The lowest BCUT2D eigenvalue weighted by molar-refractivity contribution is 0.0510. The van der Waals surface area contributed by atoms with E-state index in [0.29, 0.717) is 30.7 Å². The summed E-state index contributed by atoms with van der Waals surface area (Å²) < 4.78 is 17.0. The van der Waals surface area contributed by atoms with Gasteiger partial charge >= 0.3 is 18.0 Å². The minimum atomic E-state index is -0.459. The van der Waals surface area contributed by atoms with Crippen LogP contribution in [0.3, 0.4) is 0 Å². The molecule has 3 aromatic heterocycles. The molecule has 0 saturated carbocycles. The second-order valence-electron chi connectivity index (χ2n) is 7.70. The minimum Gasteiger partial charge on any atom is -0.461 e. The van der Waals surface area contributed by atoms with E-state index in [0.717, 1.165) is 33.8 Å². The number of hydrogen-bond acceptors (Lipinski definition) is 6. The van der Waals surface area contributed by atoms with E-state index in [2.05, 4.69) is 9.97 Å². The first-order chi connectivity index (χ1) is 15.9. The lowest BCUT2D eigenvalue weighted by atomic mass is 10.1. The van der Waals surface area contributed by atoms with Crippen molar-refractivity contribution in [3.63, 3.8) is 0 Å². The Morgan fingerprint density at radius 3 is 1.85 bits per heavy atom. The predicted molar refractivity (Wildman–Crippen MR) is 119 cm³/mol. The Hall–Kier alpha value is -3.75. The number of carbonyl (C=O) groups is 3. The van der Waals surface area contributed by atoms with Gasteiger partial charge in [0, 0.05) is 42.5 Å². The normalized spacial score (nSPS) is 12.5. The molecule has 0 amide bonds. The fourth-order valence-electron chi connectivity index (χ4n) is 4.14. The molecular weight excluding hydrogens is 426 g/mol. The van der Waals surface area contributed by atoms with E-state index in [1.165, 1.54) is 4.57 Å². The largest absolute Gasteiger partial charge is 0.461 e. The molecule has 0 aromatic carbocycles. The van der Waals surface area contributed by atoms with Gasteiger partial charge in [-0.15, -0.1) is 0 Å². The van der Waals surface area contributed by atoms with E-state index in [9.17, 15) is 14.4 Å². The molecule has 0 bridgehead atoms. The van der Waals surface area contributed by atoms with Crippen molar-refractivity contribution in [3.05, 3.63) is 69.6 Å². The number of aromatic amines is 2. The monoisotopic (exact) mass is 453 g/mol. The number of fused-ring (bicyclic) bond motifs is 3. The van der Waals surface area contributed by atoms with Crippen LogP contribution in [0.1, 0.15) is 75.5 Å². The van der Waals surface area contributed by atoms with E-state index < -0.39 is 18.0 Å². The van der Waals surface area contributed by atoms with Crippen LogP contribution in [0.15, 0.2) is 24.4 Å². The lowest BCUT2D eigenvalue weighted by Gasteiger charge is -2.10. The highest BCUT2D eigenvalue weighted by Gasteiger charge is 2.25. The van der Waals surface area contributed by atoms with Crippen LogP contribution in [0.2, 0.25) is 0 Å². The molecule has 4 rings (SSSR count). The van der Waals surface area contributed by atoms with Gasteiger partial charge in [-0.3, -0.25) is 4.57 Å². The van der Waals surface area contributed by atoms with Gasteiger partial charge in [-0.2, -0.15) is 0 Å². The Bertz CT molecular complexity index is 1190. The molecule has 0 fully saturated rings. The first-order valence-corrected chi connectivity index (χ1v) is 11.1. The number of ether oxygens (including phenoxy) is 3. The summed E-state index contributed by atoms with van der Waals surface area (Å²) >= 11 is 0. The summed E-state index contributed by atoms with van der Waals surface area (Å²) in [6.45, 7) is 6.07. The van der Waals surface area contributed by atoms with Crippen LogP contribution in [0.4, 0.5) is 4.79 Å². The van der Waals surface area contributed by atoms with E-state index in [1.807, 2.05) is 6.07 Å². The molecule has 0 saturated heterocycles. The molecular formula is C24H27N3O6. The third-order valence-corrected chi connectivity index (χ3v) is 5.62. The van der Waals surface area contributed by atoms with Crippen molar-refractivity contribution in [1.82, 2.24) is 14.5 Å². The summed E-state index contributed by atoms with van der Waals surface area (Å²) in [4.78, 5) is 43.7. The average Bonchev–Trinajstić information content (AvgIpc) is 3.48. The van der Waals surface area contributed by atoms with E-state index in [1.54, 1.807) is 39.1 Å². The van der Waals surface area contributed by atoms with Crippen LogP contribution in [0.5, 0.6) is 0 Å². The number of aromatic nitrogens is 3. The van der Waals surface area contributed by atoms with Gasteiger partial charge < -0.3 is 24.2 Å². The highest BCUT2D eigenvalue weighted by molar-refractivity contribution is 5.89. The molecule has 9 nitrogen and oxygen atoms in total. The molecule has 3 aromatic rings. The van der Waals surface area contributed by atoms with Crippen LogP contribution in [-0.4, -0.2) is 52.4 Å². The molecule has 0 radical (unpaired) electrons. The van der Waals surface area contributed by atoms with Crippen LogP contribution >= 0.6 is 0 Å². The van der Waals surface area contributed by atoms with Gasteiger partial charge in [0.05, 0.1) is 19.8 Å². The maximum Gasteiger partial charge on any atom is 0.418 e. The maximum atomic E-state index is 12.6. The Kier molecular flexibility index (Phi) is 6.39. The number of hydrogen-bond donors (Lipinski definition) is 2. The van der Waals surface area contributed by atoms with Gasteiger partial charge in [0.1, 0.15) is 11.4 Å². The highest BCUT2D eigenvalue weighted by atomic mass is 16.5. The molecule has 0 atom stereocenters. The molecule has 174 valence electrons. The standard InChI is InChI=1S/C24H27N3O6/c1-4-31-22(28)19-11-15-10-18-16(12-20(26-18)23(29)32-5-2)13-21-14(9-17(15)25-19)7-8-27(21)24(30)33-6-3/h7-8,11-12,25-26H,4-6,9-10,13H2,1-3H3. The summed E-state index contributed by atoms with van der Waals surface area (Å²) in [7, 11) is 0. The lowest BCUT2D eigenvalue weighted by Crippen LogP contribution is -2.16. The van der Waals surface area contributed by atoms with Gasteiger partial charge in [0.25, 0.3) is 0 Å². The molecule has 33 heavy (non-hydrogen) atoms. The number of rotatable bonds is 5. The molecule has 0 unspecified atom stereocenters. The Morgan fingerprint density at radius 2 is 1.30 bits per heavy atom. The topological polar surface area (TPSA) is 115 Å². The van der Waals surface area contributed by atoms with Gasteiger partial charge in [-0.25, -0.2) is 14.4 Å². The second kappa shape index (κ2) is 9.40. The maximum absolute atomic E-state index is 12.6. The second-order valence-corrected chi connectivity index (χ2v) is 7.70.